The molecule has 12 heavy (non-hydrogen) atoms. The van der Waals surface area contributed by atoms with Crippen molar-refractivity contribution in [3.05, 3.63) is 34.8 Å². The van der Waals surface area contributed by atoms with Crippen LogP contribution in [0.25, 0.3) is 18.2 Å². The van der Waals surface area contributed by atoms with E-state index in [4.69, 9.17) is 0 Å². The van der Waals surface area contributed by atoms with Crippen LogP contribution in [0.15, 0.2) is 18.2 Å². The van der Waals surface area contributed by atoms with Gasteiger partial charge < -0.3 is 4.57 Å². The Morgan fingerprint density at radius 1 is 1.25 bits per heavy atom. The van der Waals surface area contributed by atoms with E-state index in [0.717, 1.165) is 17.7 Å². The molecule has 0 bridgehead atoms. The molecule has 1 aromatic heterocycles. The van der Waals surface area contributed by atoms with Gasteiger partial charge in [-0.1, -0.05) is 18.2 Å². The van der Waals surface area contributed by atoms with Crippen molar-refractivity contribution < 1.29 is 0 Å². The first-order valence-electron chi connectivity index (χ1n) is 4.07. The molecule has 1 aromatic rings. The SMILES string of the molecule is C1=CCn2c(nc3c2=CC=C3)=C1. The first-order valence-corrected chi connectivity index (χ1v) is 4.07. The minimum atomic E-state index is 0.951. The molecule has 0 N–H and O–H groups in total. The van der Waals surface area contributed by atoms with Gasteiger partial charge in [0.2, 0.25) is 0 Å². The van der Waals surface area contributed by atoms with Crippen LogP contribution in [0.2, 0.25) is 0 Å². The Hall–Kier alpha value is -1.57. The first kappa shape index (κ1) is 6.00. The van der Waals surface area contributed by atoms with Crippen molar-refractivity contribution >= 4 is 18.2 Å². The highest BCUT2D eigenvalue weighted by Crippen LogP contribution is 1.98. The number of fused-ring (bicyclic) bond motifs is 3. The summed E-state index contributed by atoms with van der Waals surface area (Å²) in [5.74, 6) is 0. The summed E-state index contributed by atoms with van der Waals surface area (Å²) in [6.07, 6.45) is 12.4. The predicted octanol–water partition coefficient (Wildman–Crippen LogP) is 0.0407. The van der Waals surface area contributed by atoms with Gasteiger partial charge >= 0.3 is 0 Å². The minimum absolute atomic E-state index is 0.951. The summed E-state index contributed by atoms with van der Waals surface area (Å²) in [4.78, 5) is 4.47. The maximum atomic E-state index is 4.47. The van der Waals surface area contributed by atoms with Crippen molar-refractivity contribution in [2.45, 2.75) is 6.54 Å². The molecule has 2 heteroatoms. The zero-order valence-corrected chi connectivity index (χ0v) is 6.57. The molecular formula is C10H8N2. The van der Waals surface area contributed by atoms with E-state index in [1.807, 2.05) is 12.2 Å². The van der Waals surface area contributed by atoms with Gasteiger partial charge in [-0.25, -0.2) is 4.98 Å². The minimum Gasteiger partial charge on any atom is -0.321 e. The second kappa shape index (κ2) is 1.97. The molecule has 3 rings (SSSR count). The summed E-state index contributed by atoms with van der Waals surface area (Å²) in [5, 5.41) is 1.24. The van der Waals surface area contributed by atoms with E-state index < -0.39 is 0 Å². The molecule has 0 unspecified atom stereocenters. The molecule has 0 radical (unpaired) electrons. The smallest absolute Gasteiger partial charge is 0.134 e. The van der Waals surface area contributed by atoms with Gasteiger partial charge in [0.15, 0.2) is 0 Å². The summed E-state index contributed by atoms with van der Waals surface area (Å²) in [6.45, 7) is 0.951. The molecule has 0 spiro atoms. The van der Waals surface area contributed by atoms with Gasteiger partial charge in [0.1, 0.15) is 5.48 Å². The lowest BCUT2D eigenvalue weighted by Crippen LogP contribution is -2.28. The lowest BCUT2D eigenvalue weighted by atomic mass is 10.4. The average molecular weight is 156 g/mol. The van der Waals surface area contributed by atoms with E-state index in [1.165, 1.54) is 5.35 Å². The summed E-state index contributed by atoms with van der Waals surface area (Å²) in [7, 11) is 0. The topological polar surface area (TPSA) is 17.8 Å². The average Bonchev–Trinajstić information content (AvgIpc) is 2.62. The van der Waals surface area contributed by atoms with E-state index in [1.54, 1.807) is 0 Å². The van der Waals surface area contributed by atoms with Crippen molar-refractivity contribution in [1.82, 2.24) is 9.55 Å². The largest absolute Gasteiger partial charge is 0.321 e. The molecule has 0 amide bonds. The van der Waals surface area contributed by atoms with Crippen LogP contribution in [0.1, 0.15) is 5.69 Å². The molecule has 2 heterocycles. The van der Waals surface area contributed by atoms with Gasteiger partial charge in [-0.2, -0.15) is 0 Å². The zero-order chi connectivity index (χ0) is 7.97. The first-order chi connectivity index (χ1) is 5.95. The van der Waals surface area contributed by atoms with Crippen LogP contribution >= 0.6 is 0 Å². The molecule has 58 valence electrons. The van der Waals surface area contributed by atoms with Crippen LogP contribution in [-0.4, -0.2) is 9.55 Å². The van der Waals surface area contributed by atoms with Gasteiger partial charge in [0.25, 0.3) is 0 Å². The van der Waals surface area contributed by atoms with Gasteiger partial charge in [-0.15, -0.1) is 0 Å². The Kier molecular flexibility index (Phi) is 0.987. The fourth-order valence-corrected chi connectivity index (χ4v) is 1.67. The summed E-state index contributed by atoms with van der Waals surface area (Å²) in [5.41, 5.74) is 2.17. The number of nitrogens with zero attached hydrogens (tertiary/aromatic N) is 2. The molecule has 0 fully saturated rings. The maximum Gasteiger partial charge on any atom is 0.134 e. The third-order valence-electron chi connectivity index (χ3n) is 2.24. The third kappa shape index (κ3) is 0.619. The quantitative estimate of drug-likeness (QED) is 0.518. The van der Waals surface area contributed by atoms with Crippen LogP contribution in [0.3, 0.4) is 0 Å². The molecule has 2 aliphatic rings. The maximum absolute atomic E-state index is 4.47. The van der Waals surface area contributed by atoms with Crippen LogP contribution < -0.4 is 10.8 Å². The monoisotopic (exact) mass is 156 g/mol. The molecule has 1 aliphatic carbocycles. The molecule has 0 atom stereocenters. The van der Waals surface area contributed by atoms with Crippen molar-refractivity contribution in [3.8, 4) is 0 Å². The third-order valence-corrected chi connectivity index (χ3v) is 2.24. The highest BCUT2D eigenvalue weighted by molar-refractivity contribution is 5.63. The van der Waals surface area contributed by atoms with E-state index in [2.05, 4.69) is 33.9 Å². The molecule has 0 saturated carbocycles. The van der Waals surface area contributed by atoms with Gasteiger partial charge in [-0.05, 0) is 18.2 Å². The van der Waals surface area contributed by atoms with Crippen LogP contribution in [0.5, 0.6) is 0 Å². The zero-order valence-electron chi connectivity index (χ0n) is 6.57. The van der Waals surface area contributed by atoms with Crippen molar-refractivity contribution in [1.29, 1.82) is 0 Å². The van der Waals surface area contributed by atoms with Gasteiger partial charge in [0, 0.05) is 6.54 Å². The number of hydrogen-bond donors (Lipinski definition) is 0. The van der Waals surface area contributed by atoms with Crippen molar-refractivity contribution in [2.24, 2.45) is 0 Å². The second-order valence-electron chi connectivity index (χ2n) is 2.97. The Morgan fingerprint density at radius 3 is 3.25 bits per heavy atom. The lowest BCUT2D eigenvalue weighted by molar-refractivity contribution is 0.758. The van der Waals surface area contributed by atoms with Crippen molar-refractivity contribution in [3.63, 3.8) is 0 Å². The van der Waals surface area contributed by atoms with Crippen LogP contribution in [-0.2, 0) is 6.54 Å². The van der Waals surface area contributed by atoms with Gasteiger partial charge in [0.05, 0.1) is 11.0 Å². The summed E-state index contributed by atoms with van der Waals surface area (Å²) >= 11 is 0. The molecule has 1 aliphatic heterocycles. The number of hydrogen-bond acceptors (Lipinski definition) is 1. The Labute approximate surface area is 69.9 Å². The number of imidazole rings is 1. The van der Waals surface area contributed by atoms with E-state index in [9.17, 15) is 0 Å². The molecule has 0 saturated heterocycles. The number of allylic oxidation sites excluding steroid dienone is 3. The highest BCUT2D eigenvalue weighted by Gasteiger charge is 2.06. The van der Waals surface area contributed by atoms with E-state index in [-0.39, 0.29) is 0 Å². The number of aromatic nitrogens is 2. The van der Waals surface area contributed by atoms with E-state index in [0.29, 0.717) is 0 Å². The number of rotatable bonds is 0. The highest BCUT2D eigenvalue weighted by atomic mass is 15.1. The van der Waals surface area contributed by atoms with Gasteiger partial charge in [-0.3, -0.25) is 0 Å². The second-order valence-corrected chi connectivity index (χ2v) is 2.97. The summed E-state index contributed by atoms with van der Waals surface area (Å²) < 4.78 is 2.22. The standard InChI is InChI=1S/C10H8N2/c1-2-7-12-9-5-3-4-8(9)11-10(12)6-1/h1-6H,7H2. The summed E-state index contributed by atoms with van der Waals surface area (Å²) in [6, 6.07) is 0. The molecule has 0 aromatic carbocycles. The Balaban J connectivity index is 2.48. The van der Waals surface area contributed by atoms with E-state index >= 15 is 0 Å². The lowest BCUT2D eigenvalue weighted by Gasteiger charge is -2.00. The molecule has 2 nitrogen and oxygen atoms in total. The van der Waals surface area contributed by atoms with Crippen molar-refractivity contribution in [2.75, 3.05) is 0 Å². The fraction of sp³-hybridized carbons (Fsp3) is 0.100. The Bertz CT molecular complexity index is 501. The predicted molar refractivity (Wildman–Crippen MR) is 48.6 cm³/mol. The van der Waals surface area contributed by atoms with Crippen LogP contribution in [0.4, 0.5) is 0 Å². The Morgan fingerprint density at radius 2 is 2.25 bits per heavy atom. The normalized spacial score (nSPS) is 16.7. The van der Waals surface area contributed by atoms with Crippen LogP contribution in [0, 0.1) is 0 Å². The fourth-order valence-electron chi connectivity index (χ4n) is 1.67. The molecular weight excluding hydrogens is 148 g/mol.